The number of thiophene rings is 1. The quantitative estimate of drug-likeness (QED) is 0.769. The summed E-state index contributed by atoms with van der Waals surface area (Å²) in [6.45, 7) is 2.97. The zero-order valence-corrected chi connectivity index (χ0v) is 12.4. The standard InChI is InChI=1S/C17H18N2S/c1-12(10-11-18)16-8-9-17(20-16)15-7-6-13-4-2-3-5-14(13)19-15/h2-9,12H,10-11,18H2,1H3. The van der Waals surface area contributed by atoms with E-state index in [0.717, 1.165) is 24.2 Å². The van der Waals surface area contributed by atoms with Gasteiger partial charge in [-0.15, -0.1) is 11.3 Å². The summed E-state index contributed by atoms with van der Waals surface area (Å²) in [5, 5.41) is 1.18. The van der Waals surface area contributed by atoms with Crippen LogP contribution in [0.15, 0.2) is 48.5 Å². The van der Waals surface area contributed by atoms with Gasteiger partial charge in [-0.2, -0.15) is 0 Å². The molecule has 2 nitrogen and oxygen atoms in total. The van der Waals surface area contributed by atoms with Crippen LogP contribution in [0.2, 0.25) is 0 Å². The van der Waals surface area contributed by atoms with Crippen molar-refractivity contribution in [2.75, 3.05) is 6.54 Å². The van der Waals surface area contributed by atoms with E-state index in [1.807, 2.05) is 23.5 Å². The van der Waals surface area contributed by atoms with E-state index >= 15 is 0 Å². The number of rotatable bonds is 4. The molecule has 3 aromatic rings. The van der Waals surface area contributed by atoms with Crippen molar-refractivity contribution in [2.24, 2.45) is 5.73 Å². The number of para-hydroxylation sites is 1. The summed E-state index contributed by atoms with van der Waals surface area (Å²) in [5.41, 5.74) is 7.75. The van der Waals surface area contributed by atoms with Gasteiger partial charge < -0.3 is 5.73 Å². The third-order valence-electron chi connectivity index (χ3n) is 3.56. The second-order valence-corrected chi connectivity index (χ2v) is 6.18. The number of nitrogens with two attached hydrogens (primary N) is 1. The van der Waals surface area contributed by atoms with Gasteiger partial charge in [0, 0.05) is 10.3 Å². The Bertz CT molecular complexity index is 718. The van der Waals surface area contributed by atoms with Crippen LogP contribution in [0.3, 0.4) is 0 Å². The van der Waals surface area contributed by atoms with Gasteiger partial charge in [-0.1, -0.05) is 31.2 Å². The van der Waals surface area contributed by atoms with Crippen molar-refractivity contribution < 1.29 is 0 Å². The molecular weight excluding hydrogens is 264 g/mol. The molecule has 2 aromatic heterocycles. The highest BCUT2D eigenvalue weighted by Gasteiger charge is 2.10. The molecule has 0 aliphatic carbocycles. The summed E-state index contributed by atoms with van der Waals surface area (Å²) in [7, 11) is 0. The molecule has 1 atom stereocenters. The normalized spacial score (nSPS) is 12.7. The predicted octanol–water partition coefficient (Wildman–Crippen LogP) is 4.42. The summed E-state index contributed by atoms with van der Waals surface area (Å²) < 4.78 is 0. The highest BCUT2D eigenvalue weighted by Crippen LogP contribution is 2.33. The summed E-state index contributed by atoms with van der Waals surface area (Å²) in [6, 6.07) is 16.8. The maximum absolute atomic E-state index is 5.64. The van der Waals surface area contributed by atoms with Crippen molar-refractivity contribution in [3.63, 3.8) is 0 Å². The molecule has 0 saturated heterocycles. The lowest BCUT2D eigenvalue weighted by Gasteiger charge is -2.06. The lowest BCUT2D eigenvalue weighted by atomic mass is 10.1. The molecule has 0 amide bonds. The third-order valence-corrected chi connectivity index (χ3v) is 4.90. The Morgan fingerprint density at radius 2 is 1.95 bits per heavy atom. The average Bonchev–Trinajstić information content (AvgIpc) is 2.97. The van der Waals surface area contributed by atoms with E-state index in [0.29, 0.717) is 5.92 Å². The first-order valence-electron chi connectivity index (χ1n) is 6.94. The van der Waals surface area contributed by atoms with Crippen LogP contribution in [0.4, 0.5) is 0 Å². The molecule has 2 N–H and O–H groups in total. The average molecular weight is 282 g/mol. The molecule has 0 bridgehead atoms. The molecule has 0 saturated carbocycles. The smallest absolute Gasteiger partial charge is 0.0809 e. The molecule has 0 radical (unpaired) electrons. The maximum Gasteiger partial charge on any atom is 0.0809 e. The Kier molecular flexibility index (Phi) is 3.81. The van der Waals surface area contributed by atoms with Crippen LogP contribution >= 0.6 is 11.3 Å². The van der Waals surface area contributed by atoms with Crippen LogP contribution < -0.4 is 5.73 Å². The van der Waals surface area contributed by atoms with Crippen LogP contribution in [0.5, 0.6) is 0 Å². The molecule has 0 fully saturated rings. The number of benzene rings is 1. The van der Waals surface area contributed by atoms with Crippen molar-refractivity contribution in [3.05, 3.63) is 53.4 Å². The van der Waals surface area contributed by atoms with Gasteiger partial charge in [-0.25, -0.2) is 4.98 Å². The summed E-state index contributed by atoms with van der Waals surface area (Å²) in [4.78, 5) is 7.37. The summed E-state index contributed by atoms with van der Waals surface area (Å²) in [6.07, 6.45) is 1.03. The van der Waals surface area contributed by atoms with Gasteiger partial charge in [0.15, 0.2) is 0 Å². The zero-order chi connectivity index (χ0) is 13.9. The Morgan fingerprint density at radius 3 is 2.80 bits per heavy atom. The van der Waals surface area contributed by atoms with Crippen molar-refractivity contribution >= 4 is 22.2 Å². The highest BCUT2D eigenvalue weighted by atomic mass is 32.1. The first-order valence-corrected chi connectivity index (χ1v) is 7.75. The van der Waals surface area contributed by atoms with E-state index in [-0.39, 0.29) is 0 Å². The number of hydrogen-bond acceptors (Lipinski definition) is 3. The van der Waals surface area contributed by atoms with Crippen LogP contribution in [0.25, 0.3) is 21.5 Å². The molecular formula is C17H18N2S. The van der Waals surface area contributed by atoms with E-state index < -0.39 is 0 Å². The minimum atomic E-state index is 0.527. The predicted molar refractivity (Wildman–Crippen MR) is 87.1 cm³/mol. The Labute approximate surface area is 123 Å². The topological polar surface area (TPSA) is 38.9 Å². The van der Waals surface area contributed by atoms with Crippen molar-refractivity contribution in [2.45, 2.75) is 19.3 Å². The number of nitrogens with zero attached hydrogens (tertiary/aromatic N) is 1. The number of pyridine rings is 1. The van der Waals surface area contributed by atoms with Gasteiger partial charge in [0.25, 0.3) is 0 Å². The van der Waals surface area contributed by atoms with Crippen LogP contribution in [-0.4, -0.2) is 11.5 Å². The highest BCUT2D eigenvalue weighted by molar-refractivity contribution is 7.15. The molecule has 1 unspecified atom stereocenters. The monoisotopic (exact) mass is 282 g/mol. The fourth-order valence-corrected chi connectivity index (χ4v) is 3.41. The molecule has 1 aromatic carbocycles. The lowest BCUT2D eigenvalue weighted by Crippen LogP contribution is -2.03. The Morgan fingerprint density at radius 1 is 1.10 bits per heavy atom. The fraction of sp³-hybridized carbons (Fsp3) is 0.235. The second kappa shape index (κ2) is 5.73. The maximum atomic E-state index is 5.64. The Hall–Kier alpha value is -1.71. The number of fused-ring (bicyclic) bond motifs is 1. The second-order valence-electron chi connectivity index (χ2n) is 5.07. The molecule has 0 spiro atoms. The Balaban J connectivity index is 1.94. The third kappa shape index (κ3) is 2.60. The van der Waals surface area contributed by atoms with E-state index in [2.05, 4.69) is 43.3 Å². The van der Waals surface area contributed by atoms with Crippen molar-refractivity contribution in [1.82, 2.24) is 4.98 Å². The molecule has 20 heavy (non-hydrogen) atoms. The first-order chi connectivity index (χ1) is 9.78. The molecule has 2 heterocycles. The minimum absolute atomic E-state index is 0.527. The molecule has 102 valence electrons. The van der Waals surface area contributed by atoms with Gasteiger partial charge in [0.2, 0.25) is 0 Å². The summed E-state index contributed by atoms with van der Waals surface area (Å²) >= 11 is 1.82. The molecule has 0 aliphatic heterocycles. The van der Waals surface area contributed by atoms with Crippen molar-refractivity contribution in [1.29, 1.82) is 0 Å². The molecule has 0 aliphatic rings. The van der Waals surface area contributed by atoms with Crippen LogP contribution in [0.1, 0.15) is 24.1 Å². The lowest BCUT2D eigenvalue weighted by molar-refractivity contribution is 0.701. The summed E-state index contributed by atoms with van der Waals surface area (Å²) in [5.74, 6) is 0.527. The molecule has 3 rings (SSSR count). The molecule has 3 heteroatoms. The van der Waals surface area contributed by atoms with E-state index in [4.69, 9.17) is 10.7 Å². The van der Waals surface area contributed by atoms with E-state index in [1.165, 1.54) is 15.1 Å². The first kappa shape index (κ1) is 13.3. The number of aromatic nitrogens is 1. The van der Waals surface area contributed by atoms with E-state index in [1.54, 1.807) is 0 Å². The number of hydrogen-bond donors (Lipinski definition) is 1. The van der Waals surface area contributed by atoms with Gasteiger partial charge in [0.1, 0.15) is 0 Å². The SMILES string of the molecule is CC(CCN)c1ccc(-c2ccc3ccccc3n2)s1. The minimum Gasteiger partial charge on any atom is -0.330 e. The van der Waals surface area contributed by atoms with Gasteiger partial charge in [0.05, 0.1) is 16.1 Å². The van der Waals surface area contributed by atoms with E-state index in [9.17, 15) is 0 Å². The van der Waals surface area contributed by atoms with Crippen LogP contribution in [-0.2, 0) is 0 Å². The van der Waals surface area contributed by atoms with Crippen molar-refractivity contribution in [3.8, 4) is 10.6 Å². The largest absolute Gasteiger partial charge is 0.330 e. The van der Waals surface area contributed by atoms with Gasteiger partial charge in [-0.05, 0) is 43.1 Å². The van der Waals surface area contributed by atoms with Crippen LogP contribution in [0, 0.1) is 0 Å². The zero-order valence-electron chi connectivity index (χ0n) is 11.5. The van der Waals surface area contributed by atoms with Gasteiger partial charge >= 0.3 is 0 Å². The van der Waals surface area contributed by atoms with Gasteiger partial charge in [-0.3, -0.25) is 0 Å². The fourth-order valence-electron chi connectivity index (χ4n) is 2.35.